The summed E-state index contributed by atoms with van der Waals surface area (Å²) in [5.41, 5.74) is 14.4. The van der Waals surface area contributed by atoms with Gasteiger partial charge in [-0.1, -0.05) is 0 Å². The predicted octanol–water partition coefficient (Wildman–Crippen LogP) is 1.77. The minimum atomic E-state index is 0.200. The molecular formula is C15H14N6O. The van der Waals surface area contributed by atoms with Crippen molar-refractivity contribution in [2.24, 2.45) is 0 Å². The maximum atomic E-state index is 5.72. The van der Waals surface area contributed by atoms with Crippen LogP contribution in [0, 0.1) is 0 Å². The standard InChI is InChI=1S/C15H14N6O/c1-22-13-8-20-12(9-2-4-18-14(16)6-9)7-10(13)11-3-5-19-15(17)21-11/h2-8H,1H3,(H2,16,18)(H2,17,19,21). The smallest absolute Gasteiger partial charge is 0.220 e. The van der Waals surface area contributed by atoms with Crippen LogP contribution in [0.4, 0.5) is 11.8 Å². The van der Waals surface area contributed by atoms with Gasteiger partial charge in [0.15, 0.2) is 0 Å². The van der Waals surface area contributed by atoms with Crippen LogP contribution in [0.15, 0.2) is 42.9 Å². The quantitative estimate of drug-likeness (QED) is 0.756. The number of hydrogen-bond acceptors (Lipinski definition) is 7. The maximum absolute atomic E-state index is 5.72. The molecule has 0 aliphatic rings. The van der Waals surface area contributed by atoms with Crippen LogP contribution in [0.2, 0.25) is 0 Å². The molecule has 0 amide bonds. The highest BCUT2D eigenvalue weighted by Crippen LogP contribution is 2.31. The van der Waals surface area contributed by atoms with Gasteiger partial charge in [-0.15, -0.1) is 0 Å². The van der Waals surface area contributed by atoms with E-state index in [9.17, 15) is 0 Å². The first-order valence-corrected chi connectivity index (χ1v) is 6.52. The minimum Gasteiger partial charge on any atom is -0.494 e. The van der Waals surface area contributed by atoms with E-state index in [-0.39, 0.29) is 5.95 Å². The van der Waals surface area contributed by atoms with Gasteiger partial charge in [-0.05, 0) is 24.3 Å². The fraction of sp³-hybridized carbons (Fsp3) is 0.0667. The van der Waals surface area contributed by atoms with Crippen molar-refractivity contribution in [1.82, 2.24) is 19.9 Å². The van der Waals surface area contributed by atoms with Crippen molar-refractivity contribution in [1.29, 1.82) is 0 Å². The van der Waals surface area contributed by atoms with Crippen LogP contribution < -0.4 is 16.2 Å². The molecule has 7 nitrogen and oxygen atoms in total. The summed E-state index contributed by atoms with van der Waals surface area (Å²) in [5.74, 6) is 1.23. The van der Waals surface area contributed by atoms with Crippen LogP contribution in [-0.4, -0.2) is 27.0 Å². The van der Waals surface area contributed by atoms with E-state index in [0.29, 0.717) is 17.3 Å². The lowest BCUT2D eigenvalue weighted by molar-refractivity contribution is 0.414. The zero-order valence-corrected chi connectivity index (χ0v) is 11.9. The van der Waals surface area contributed by atoms with E-state index in [2.05, 4.69) is 19.9 Å². The molecule has 0 aromatic carbocycles. The lowest BCUT2D eigenvalue weighted by Crippen LogP contribution is -1.98. The first kappa shape index (κ1) is 13.7. The molecule has 0 aliphatic heterocycles. The molecule has 3 aromatic rings. The van der Waals surface area contributed by atoms with Crippen LogP contribution >= 0.6 is 0 Å². The van der Waals surface area contributed by atoms with Crippen LogP contribution in [0.5, 0.6) is 5.75 Å². The van der Waals surface area contributed by atoms with E-state index < -0.39 is 0 Å². The molecule has 22 heavy (non-hydrogen) atoms. The Morgan fingerprint density at radius 2 is 1.77 bits per heavy atom. The maximum Gasteiger partial charge on any atom is 0.220 e. The molecule has 0 saturated heterocycles. The van der Waals surface area contributed by atoms with E-state index in [1.807, 2.05) is 12.1 Å². The molecule has 0 saturated carbocycles. The number of nitrogen functional groups attached to an aromatic ring is 2. The van der Waals surface area contributed by atoms with E-state index in [4.69, 9.17) is 16.2 Å². The molecule has 3 aromatic heterocycles. The fourth-order valence-electron chi connectivity index (χ4n) is 2.09. The largest absolute Gasteiger partial charge is 0.494 e. The molecule has 0 spiro atoms. The second-order valence-corrected chi connectivity index (χ2v) is 4.54. The molecule has 0 atom stereocenters. The first-order chi connectivity index (χ1) is 10.7. The van der Waals surface area contributed by atoms with Crippen molar-refractivity contribution < 1.29 is 4.74 Å². The Morgan fingerprint density at radius 3 is 2.50 bits per heavy atom. The van der Waals surface area contributed by atoms with Crippen molar-refractivity contribution in [2.45, 2.75) is 0 Å². The van der Waals surface area contributed by atoms with Crippen LogP contribution in [0.1, 0.15) is 0 Å². The molecule has 7 heteroatoms. The van der Waals surface area contributed by atoms with Gasteiger partial charge in [-0.3, -0.25) is 4.98 Å². The average Bonchev–Trinajstić information content (AvgIpc) is 2.54. The van der Waals surface area contributed by atoms with Crippen LogP contribution in [-0.2, 0) is 0 Å². The van der Waals surface area contributed by atoms with Gasteiger partial charge in [0.1, 0.15) is 11.6 Å². The van der Waals surface area contributed by atoms with Crippen molar-refractivity contribution in [2.75, 3.05) is 18.6 Å². The fourth-order valence-corrected chi connectivity index (χ4v) is 2.09. The number of rotatable bonds is 3. The Hall–Kier alpha value is -3.22. The van der Waals surface area contributed by atoms with Gasteiger partial charge in [-0.2, -0.15) is 0 Å². The monoisotopic (exact) mass is 294 g/mol. The van der Waals surface area contributed by atoms with Gasteiger partial charge in [-0.25, -0.2) is 15.0 Å². The SMILES string of the molecule is COc1cnc(-c2ccnc(N)c2)cc1-c1ccnc(N)n1. The van der Waals surface area contributed by atoms with Gasteiger partial charge in [0.25, 0.3) is 0 Å². The number of hydrogen-bond donors (Lipinski definition) is 2. The average molecular weight is 294 g/mol. The Labute approximate surface area is 127 Å². The van der Waals surface area contributed by atoms with Gasteiger partial charge < -0.3 is 16.2 Å². The molecule has 0 unspecified atom stereocenters. The number of nitrogens with two attached hydrogens (primary N) is 2. The predicted molar refractivity (Wildman–Crippen MR) is 83.9 cm³/mol. The van der Waals surface area contributed by atoms with E-state index in [1.54, 1.807) is 37.8 Å². The zero-order valence-electron chi connectivity index (χ0n) is 11.9. The van der Waals surface area contributed by atoms with Crippen LogP contribution in [0.3, 0.4) is 0 Å². The minimum absolute atomic E-state index is 0.200. The highest BCUT2D eigenvalue weighted by Gasteiger charge is 2.11. The normalized spacial score (nSPS) is 10.4. The van der Waals surface area contributed by atoms with Crippen LogP contribution in [0.25, 0.3) is 22.5 Å². The molecule has 0 fully saturated rings. The van der Waals surface area contributed by atoms with Gasteiger partial charge in [0.05, 0.1) is 24.7 Å². The second kappa shape index (κ2) is 5.65. The molecule has 0 bridgehead atoms. The van der Waals surface area contributed by atoms with Gasteiger partial charge >= 0.3 is 0 Å². The number of aromatic nitrogens is 4. The van der Waals surface area contributed by atoms with E-state index in [1.165, 1.54) is 0 Å². The summed E-state index contributed by atoms with van der Waals surface area (Å²) in [6.45, 7) is 0. The lowest BCUT2D eigenvalue weighted by atomic mass is 10.1. The molecule has 4 N–H and O–H groups in total. The topological polar surface area (TPSA) is 113 Å². The van der Waals surface area contributed by atoms with Crippen molar-refractivity contribution in [3.63, 3.8) is 0 Å². The molecule has 3 rings (SSSR count). The highest BCUT2D eigenvalue weighted by atomic mass is 16.5. The van der Waals surface area contributed by atoms with E-state index in [0.717, 1.165) is 16.8 Å². The Morgan fingerprint density at radius 1 is 0.955 bits per heavy atom. The van der Waals surface area contributed by atoms with Crippen molar-refractivity contribution >= 4 is 11.8 Å². The summed E-state index contributed by atoms with van der Waals surface area (Å²) in [6.07, 6.45) is 4.88. The third kappa shape index (κ3) is 2.64. The number of methoxy groups -OCH3 is 1. The Bertz CT molecular complexity index is 821. The number of pyridine rings is 2. The number of anilines is 2. The van der Waals surface area contributed by atoms with Gasteiger partial charge in [0.2, 0.25) is 5.95 Å². The third-order valence-electron chi connectivity index (χ3n) is 3.11. The van der Waals surface area contributed by atoms with Gasteiger partial charge in [0, 0.05) is 23.5 Å². The molecule has 3 heterocycles. The molecule has 110 valence electrons. The summed E-state index contributed by atoms with van der Waals surface area (Å²) < 4.78 is 5.35. The Kier molecular flexibility index (Phi) is 3.53. The highest BCUT2D eigenvalue weighted by molar-refractivity contribution is 5.74. The summed E-state index contributed by atoms with van der Waals surface area (Å²) in [7, 11) is 1.58. The first-order valence-electron chi connectivity index (χ1n) is 6.52. The van der Waals surface area contributed by atoms with Crippen molar-refractivity contribution in [3.8, 4) is 28.3 Å². The summed E-state index contributed by atoms with van der Waals surface area (Å²) in [4.78, 5) is 16.5. The summed E-state index contributed by atoms with van der Waals surface area (Å²) in [5, 5.41) is 0. The molecule has 0 aliphatic carbocycles. The second-order valence-electron chi connectivity index (χ2n) is 4.54. The molecular weight excluding hydrogens is 280 g/mol. The lowest BCUT2D eigenvalue weighted by Gasteiger charge is -2.10. The summed E-state index contributed by atoms with van der Waals surface area (Å²) in [6, 6.07) is 7.23. The number of nitrogens with zero attached hydrogens (tertiary/aromatic N) is 4. The summed E-state index contributed by atoms with van der Waals surface area (Å²) >= 11 is 0. The van der Waals surface area contributed by atoms with Crippen molar-refractivity contribution in [3.05, 3.63) is 42.9 Å². The zero-order chi connectivity index (χ0) is 15.5. The third-order valence-corrected chi connectivity index (χ3v) is 3.11. The Balaban J connectivity index is 2.14. The van der Waals surface area contributed by atoms with E-state index >= 15 is 0 Å². The molecule has 0 radical (unpaired) electrons. The number of ether oxygens (including phenoxy) is 1.